The van der Waals surface area contributed by atoms with Crippen molar-refractivity contribution in [2.75, 3.05) is 19.7 Å². The molecular formula is C34H42N2O8. The summed E-state index contributed by atoms with van der Waals surface area (Å²) in [6, 6.07) is 7.44. The van der Waals surface area contributed by atoms with Crippen molar-refractivity contribution in [1.29, 1.82) is 0 Å². The van der Waals surface area contributed by atoms with Gasteiger partial charge in [0.15, 0.2) is 5.79 Å². The molecule has 1 aromatic rings. The standard InChI is InChI=1S/C34H42N2O8/c37-16-15-35-30(38)13-14-36-32(39)22-18-28(31-29(19-22)43-34(44-31,23-8-9-23)24-10-11-24)42-33(40)25-4-2-1-3-21(25)7-5-20-6-12-26-27(17-20)41-26/h1-5,7,19-20,23-24,26-29,31,37H,6,8-18H2,(H,35,38)(H,36,39). The number of aliphatic hydroxyl groups excluding tert-OH is 1. The number of hydrogen-bond donors (Lipinski definition) is 3. The Kier molecular flexibility index (Phi) is 8.35. The fraction of sp³-hybridized carbons (Fsp3) is 0.618. The highest BCUT2D eigenvalue weighted by atomic mass is 16.8. The molecule has 6 atom stereocenters. The van der Waals surface area contributed by atoms with Crippen LogP contribution in [0.5, 0.6) is 0 Å². The molecule has 3 saturated carbocycles. The summed E-state index contributed by atoms with van der Waals surface area (Å²) in [5, 5.41) is 14.3. The van der Waals surface area contributed by atoms with E-state index in [1.807, 2.05) is 30.4 Å². The predicted octanol–water partition coefficient (Wildman–Crippen LogP) is 3.04. The normalized spacial score (nSPS) is 31.9. The van der Waals surface area contributed by atoms with Crippen molar-refractivity contribution in [3.05, 3.63) is 53.1 Å². The largest absolute Gasteiger partial charge is 0.456 e. The monoisotopic (exact) mass is 606 g/mol. The summed E-state index contributed by atoms with van der Waals surface area (Å²) in [4.78, 5) is 38.9. The smallest absolute Gasteiger partial charge is 0.339 e. The Labute approximate surface area is 257 Å². The zero-order valence-electron chi connectivity index (χ0n) is 25.0. The minimum absolute atomic E-state index is 0.0923. The molecule has 10 nitrogen and oxygen atoms in total. The Hall–Kier alpha value is -3.05. The topological polar surface area (TPSA) is 136 Å². The van der Waals surface area contributed by atoms with Crippen LogP contribution in [0.3, 0.4) is 0 Å². The van der Waals surface area contributed by atoms with Crippen molar-refractivity contribution in [2.45, 2.75) is 94.1 Å². The van der Waals surface area contributed by atoms with Gasteiger partial charge in [-0.1, -0.05) is 30.4 Å². The average molecular weight is 607 g/mol. The Balaban J connectivity index is 1.06. The summed E-state index contributed by atoms with van der Waals surface area (Å²) in [5.74, 6) is -0.644. The van der Waals surface area contributed by atoms with Crippen LogP contribution in [0, 0.1) is 17.8 Å². The van der Waals surface area contributed by atoms with Crippen LogP contribution in [0.15, 0.2) is 42.0 Å². The molecule has 5 fully saturated rings. The first-order valence-electron chi connectivity index (χ1n) is 16.3. The maximum absolute atomic E-state index is 13.7. The molecule has 1 aromatic carbocycles. The van der Waals surface area contributed by atoms with Crippen LogP contribution in [0.1, 0.15) is 73.7 Å². The molecule has 0 aromatic heterocycles. The summed E-state index contributed by atoms with van der Waals surface area (Å²) in [6.07, 6.45) is 12.8. The first-order valence-corrected chi connectivity index (χ1v) is 16.3. The molecular weight excluding hydrogens is 564 g/mol. The first kappa shape index (κ1) is 29.6. The van der Waals surface area contributed by atoms with Gasteiger partial charge < -0.3 is 34.7 Å². The van der Waals surface area contributed by atoms with Crippen molar-refractivity contribution in [1.82, 2.24) is 10.6 Å². The van der Waals surface area contributed by atoms with Gasteiger partial charge >= 0.3 is 5.97 Å². The number of hydrogen-bond acceptors (Lipinski definition) is 8. The van der Waals surface area contributed by atoms with E-state index in [2.05, 4.69) is 16.7 Å². The first-order chi connectivity index (χ1) is 21.4. The molecule has 2 aliphatic heterocycles. The molecule has 10 heteroatoms. The second-order valence-corrected chi connectivity index (χ2v) is 13.1. The zero-order chi connectivity index (χ0) is 30.3. The van der Waals surface area contributed by atoms with E-state index in [1.54, 1.807) is 6.07 Å². The molecule has 2 heterocycles. The molecule has 44 heavy (non-hydrogen) atoms. The van der Waals surface area contributed by atoms with E-state index in [4.69, 9.17) is 24.1 Å². The molecule has 0 spiro atoms. The molecule has 0 bridgehead atoms. The van der Waals surface area contributed by atoms with Crippen LogP contribution in [0.4, 0.5) is 0 Å². The number of allylic oxidation sites excluding steroid dienone is 1. The number of carbonyl (C=O) groups is 3. The maximum Gasteiger partial charge on any atom is 0.339 e. The Morgan fingerprint density at radius 1 is 0.977 bits per heavy atom. The van der Waals surface area contributed by atoms with E-state index in [-0.39, 0.29) is 44.4 Å². The fourth-order valence-electron chi connectivity index (χ4n) is 7.14. The summed E-state index contributed by atoms with van der Waals surface area (Å²) in [5.41, 5.74) is 1.73. The number of amides is 2. The average Bonchev–Trinajstić information content (AvgIpc) is 3.90. The molecule has 2 saturated heterocycles. The quantitative estimate of drug-likeness (QED) is 0.244. The molecule has 6 aliphatic rings. The van der Waals surface area contributed by atoms with E-state index >= 15 is 0 Å². The van der Waals surface area contributed by atoms with Crippen LogP contribution in [-0.2, 0) is 28.5 Å². The van der Waals surface area contributed by atoms with Crippen LogP contribution in [0.25, 0.3) is 6.08 Å². The lowest BCUT2D eigenvalue weighted by Crippen LogP contribution is -2.44. The van der Waals surface area contributed by atoms with Crippen LogP contribution in [-0.4, -0.2) is 78.9 Å². The van der Waals surface area contributed by atoms with Gasteiger partial charge in [0.05, 0.1) is 24.4 Å². The van der Waals surface area contributed by atoms with E-state index in [0.717, 1.165) is 50.5 Å². The van der Waals surface area contributed by atoms with Gasteiger partial charge in [-0.2, -0.15) is 0 Å². The summed E-state index contributed by atoms with van der Waals surface area (Å²) < 4.78 is 25.3. The number of fused-ring (bicyclic) bond motifs is 2. The molecule has 236 valence electrons. The number of nitrogens with one attached hydrogen (secondary N) is 2. The number of esters is 1. The summed E-state index contributed by atoms with van der Waals surface area (Å²) >= 11 is 0. The second kappa shape index (κ2) is 12.4. The highest BCUT2D eigenvalue weighted by Crippen LogP contribution is 2.59. The lowest BCUT2D eigenvalue weighted by atomic mass is 9.88. The SMILES string of the molecule is O=C(CCNC(=O)C1=CC2OC(C3CC3)(C3CC3)OC2C(OC(=O)c2ccccc2C=CC2CCC3OC3C2)C1)NCCO. The zero-order valence-corrected chi connectivity index (χ0v) is 25.0. The Morgan fingerprint density at radius 2 is 1.77 bits per heavy atom. The number of rotatable bonds is 12. The van der Waals surface area contributed by atoms with Crippen molar-refractivity contribution < 1.29 is 38.4 Å². The molecule has 6 unspecified atom stereocenters. The molecule has 4 aliphatic carbocycles. The molecule has 7 rings (SSSR count). The van der Waals surface area contributed by atoms with Crippen molar-refractivity contribution in [3.8, 4) is 0 Å². The lowest BCUT2D eigenvalue weighted by Gasteiger charge is -2.31. The van der Waals surface area contributed by atoms with Gasteiger partial charge in [0.25, 0.3) is 0 Å². The van der Waals surface area contributed by atoms with Crippen LogP contribution < -0.4 is 10.6 Å². The van der Waals surface area contributed by atoms with Crippen molar-refractivity contribution in [2.24, 2.45) is 17.8 Å². The third-order valence-electron chi connectivity index (χ3n) is 9.81. The van der Waals surface area contributed by atoms with Gasteiger partial charge in [-0.15, -0.1) is 0 Å². The number of carbonyl (C=O) groups excluding carboxylic acids is 3. The molecule has 2 amide bonds. The third kappa shape index (κ3) is 6.36. The third-order valence-corrected chi connectivity index (χ3v) is 9.81. The number of epoxide rings is 1. The van der Waals surface area contributed by atoms with Crippen LogP contribution in [0.2, 0.25) is 0 Å². The highest BCUT2D eigenvalue weighted by Gasteiger charge is 2.64. The van der Waals surface area contributed by atoms with Gasteiger partial charge in [0, 0.05) is 43.3 Å². The van der Waals surface area contributed by atoms with E-state index in [1.165, 1.54) is 0 Å². The highest BCUT2D eigenvalue weighted by molar-refractivity contribution is 5.95. The van der Waals surface area contributed by atoms with Crippen LogP contribution >= 0.6 is 0 Å². The minimum Gasteiger partial charge on any atom is -0.456 e. The van der Waals surface area contributed by atoms with Gasteiger partial charge in [-0.05, 0) is 68.6 Å². The minimum atomic E-state index is -0.704. The second-order valence-electron chi connectivity index (χ2n) is 13.1. The molecule has 0 radical (unpaired) electrons. The van der Waals surface area contributed by atoms with E-state index < -0.39 is 30.1 Å². The van der Waals surface area contributed by atoms with Gasteiger partial charge in [0.2, 0.25) is 11.8 Å². The van der Waals surface area contributed by atoms with Crippen molar-refractivity contribution >= 4 is 23.9 Å². The predicted molar refractivity (Wildman–Crippen MR) is 159 cm³/mol. The fourth-order valence-corrected chi connectivity index (χ4v) is 7.14. The van der Waals surface area contributed by atoms with E-state index in [9.17, 15) is 14.4 Å². The lowest BCUT2D eigenvalue weighted by molar-refractivity contribution is -0.209. The number of ether oxygens (including phenoxy) is 4. The Morgan fingerprint density at radius 3 is 2.52 bits per heavy atom. The molecule has 3 N–H and O–H groups in total. The van der Waals surface area contributed by atoms with Gasteiger partial charge in [-0.3, -0.25) is 9.59 Å². The summed E-state index contributed by atoms with van der Waals surface area (Å²) in [6.45, 7) is 0.173. The van der Waals surface area contributed by atoms with Gasteiger partial charge in [0.1, 0.15) is 18.3 Å². The van der Waals surface area contributed by atoms with Gasteiger partial charge in [-0.25, -0.2) is 4.79 Å². The summed E-state index contributed by atoms with van der Waals surface area (Å²) in [7, 11) is 0. The number of aliphatic hydroxyl groups is 1. The maximum atomic E-state index is 13.7. The number of benzene rings is 1. The van der Waals surface area contributed by atoms with E-state index in [0.29, 0.717) is 41.1 Å². The van der Waals surface area contributed by atoms with Crippen molar-refractivity contribution in [3.63, 3.8) is 0 Å². The Bertz CT molecular complexity index is 1320.